The number of methoxy groups -OCH3 is 1. The van der Waals surface area contributed by atoms with Crippen molar-refractivity contribution >= 4 is 34.4 Å². The summed E-state index contributed by atoms with van der Waals surface area (Å²) in [4.78, 5) is 7.43. The first-order chi connectivity index (χ1) is 11.0. The second-order valence-electron chi connectivity index (χ2n) is 5.47. The molecule has 0 saturated heterocycles. The van der Waals surface area contributed by atoms with Gasteiger partial charge in [0.1, 0.15) is 11.4 Å². The van der Waals surface area contributed by atoms with E-state index in [1.54, 1.807) is 19.4 Å². The van der Waals surface area contributed by atoms with E-state index < -0.39 is 0 Å². The molecule has 1 aromatic heterocycles. The third kappa shape index (κ3) is 2.90. The fourth-order valence-electron chi connectivity index (χ4n) is 2.49. The number of ether oxygens (including phenoxy) is 1. The number of aromatic nitrogens is 1. The summed E-state index contributed by atoms with van der Waals surface area (Å²) in [5.74, 6) is 0.686. The number of fused-ring (bicyclic) bond motifs is 1. The van der Waals surface area contributed by atoms with Crippen molar-refractivity contribution in [1.29, 1.82) is 0 Å². The van der Waals surface area contributed by atoms with E-state index in [1.165, 1.54) is 0 Å². The number of hydrogen-bond donors (Lipinski definition) is 2. The minimum atomic E-state index is 0.0963. The molecule has 0 aliphatic rings. The molecule has 0 atom stereocenters. The normalized spacial score (nSPS) is 11.5. The van der Waals surface area contributed by atoms with Gasteiger partial charge in [0.15, 0.2) is 5.88 Å². The molecule has 0 amide bonds. The van der Waals surface area contributed by atoms with E-state index >= 15 is 0 Å². The fourth-order valence-corrected chi connectivity index (χ4v) is 2.64. The van der Waals surface area contributed by atoms with Crippen LogP contribution in [-0.2, 0) is 0 Å². The van der Waals surface area contributed by atoms with Gasteiger partial charge in [0.05, 0.1) is 12.7 Å². The minimum Gasteiger partial charge on any atom is -0.494 e. The highest BCUT2D eigenvalue weighted by Crippen LogP contribution is 2.34. The summed E-state index contributed by atoms with van der Waals surface area (Å²) in [5, 5.41) is 11.7. The van der Waals surface area contributed by atoms with Crippen LogP contribution in [0.5, 0.6) is 11.6 Å². The van der Waals surface area contributed by atoms with Crippen molar-refractivity contribution in [2.45, 2.75) is 13.8 Å². The van der Waals surface area contributed by atoms with Crippen molar-refractivity contribution < 1.29 is 9.84 Å². The van der Waals surface area contributed by atoms with Gasteiger partial charge in [-0.2, -0.15) is 0 Å². The topological polar surface area (TPSA) is 57.6 Å². The summed E-state index contributed by atoms with van der Waals surface area (Å²) in [6.07, 6.45) is 1.64. The SMILES string of the molecule is COc1cc(Cl)c(C)cc1N=Cc1c(O)[nH]c2ccc(C)cc12. The molecule has 2 N–H and O–H groups in total. The Hall–Kier alpha value is -2.46. The summed E-state index contributed by atoms with van der Waals surface area (Å²) in [6.45, 7) is 3.92. The lowest BCUT2D eigenvalue weighted by molar-refractivity contribution is 0.416. The van der Waals surface area contributed by atoms with E-state index in [4.69, 9.17) is 16.3 Å². The molecule has 0 radical (unpaired) electrons. The Morgan fingerprint density at radius 2 is 2.00 bits per heavy atom. The molecule has 0 bridgehead atoms. The number of nitrogens with one attached hydrogen (secondary N) is 1. The molecule has 0 unspecified atom stereocenters. The number of nitrogens with zero attached hydrogens (tertiary/aromatic N) is 1. The van der Waals surface area contributed by atoms with Crippen molar-refractivity contribution in [2.75, 3.05) is 7.11 Å². The lowest BCUT2D eigenvalue weighted by Gasteiger charge is -2.07. The van der Waals surface area contributed by atoms with Gasteiger partial charge in [0.25, 0.3) is 0 Å². The Morgan fingerprint density at radius 3 is 2.74 bits per heavy atom. The quantitative estimate of drug-likeness (QED) is 0.672. The highest BCUT2D eigenvalue weighted by atomic mass is 35.5. The lowest BCUT2D eigenvalue weighted by atomic mass is 10.1. The third-order valence-electron chi connectivity index (χ3n) is 3.77. The summed E-state index contributed by atoms with van der Waals surface area (Å²) < 4.78 is 5.32. The van der Waals surface area contributed by atoms with E-state index in [-0.39, 0.29) is 5.88 Å². The second-order valence-corrected chi connectivity index (χ2v) is 5.87. The van der Waals surface area contributed by atoms with Gasteiger partial charge in [-0.3, -0.25) is 4.99 Å². The highest BCUT2D eigenvalue weighted by Gasteiger charge is 2.10. The molecule has 0 aliphatic heterocycles. The molecule has 0 saturated carbocycles. The van der Waals surface area contributed by atoms with Crippen molar-refractivity contribution in [3.05, 3.63) is 52.0 Å². The zero-order valence-corrected chi connectivity index (χ0v) is 13.9. The van der Waals surface area contributed by atoms with Crippen LogP contribution >= 0.6 is 11.6 Å². The maximum absolute atomic E-state index is 10.1. The van der Waals surface area contributed by atoms with Crippen LogP contribution in [0.3, 0.4) is 0 Å². The van der Waals surface area contributed by atoms with Crippen LogP contribution in [0.15, 0.2) is 35.3 Å². The Labute approximate surface area is 139 Å². The minimum absolute atomic E-state index is 0.0963. The number of benzene rings is 2. The fraction of sp³-hybridized carbons (Fsp3) is 0.167. The first kappa shape index (κ1) is 15.4. The monoisotopic (exact) mass is 328 g/mol. The predicted molar refractivity (Wildman–Crippen MR) is 94.7 cm³/mol. The van der Waals surface area contributed by atoms with Crippen LogP contribution in [0, 0.1) is 13.8 Å². The van der Waals surface area contributed by atoms with Crippen LogP contribution in [0.4, 0.5) is 5.69 Å². The smallest absolute Gasteiger partial charge is 0.198 e. The van der Waals surface area contributed by atoms with Crippen molar-refractivity contribution in [3.8, 4) is 11.6 Å². The van der Waals surface area contributed by atoms with Crippen LogP contribution in [0.2, 0.25) is 5.02 Å². The number of halogens is 1. The van der Waals surface area contributed by atoms with Gasteiger partial charge < -0.3 is 14.8 Å². The summed E-state index contributed by atoms with van der Waals surface area (Å²) in [7, 11) is 1.58. The Balaban J connectivity index is 2.09. The molecule has 3 rings (SSSR count). The molecular weight excluding hydrogens is 312 g/mol. The zero-order valence-electron chi connectivity index (χ0n) is 13.1. The standard InChI is InChI=1S/C18H17ClN2O2/c1-10-4-5-15-12(6-10)13(18(22)21-15)9-20-16-7-11(2)14(19)8-17(16)23-3/h4-9,21-22H,1-3H3. The van der Waals surface area contributed by atoms with E-state index in [0.717, 1.165) is 22.0 Å². The Kier molecular flexibility index (Phi) is 4.01. The Morgan fingerprint density at radius 1 is 1.22 bits per heavy atom. The van der Waals surface area contributed by atoms with Gasteiger partial charge in [-0.05, 0) is 37.6 Å². The van der Waals surface area contributed by atoms with Crippen LogP contribution < -0.4 is 4.74 Å². The van der Waals surface area contributed by atoms with E-state index in [9.17, 15) is 5.11 Å². The molecule has 5 heteroatoms. The lowest BCUT2D eigenvalue weighted by Crippen LogP contribution is -1.87. The van der Waals surface area contributed by atoms with Crippen LogP contribution in [-0.4, -0.2) is 23.4 Å². The van der Waals surface area contributed by atoms with Gasteiger partial charge >= 0.3 is 0 Å². The summed E-state index contributed by atoms with van der Waals surface area (Å²) >= 11 is 6.11. The number of aliphatic imine (C=N–C) groups is 1. The molecule has 2 aromatic carbocycles. The molecule has 23 heavy (non-hydrogen) atoms. The molecular formula is C18H17ClN2O2. The molecule has 0 aliphatic carbocycles. The van der Waals surface area contributed by atoms with Gasteiger partial charge in [0.2, 0.25) is 0 Å². The summed E-state index contributed by atoms with van der Waals surface area (Å²) in [5.41, 5.74) is 4.22. The predicted octanol–water partition coefficient (Wildman–Crippen LogP) is 4.90. The second kappa shape index (κ2) is 5.97. The zero-order chi connectivity index (χ0) is 16.6. The molecule has 118 valence electrons. The first-order valence-corrected chi connectivity index (χ1v) is 7.57. The number of H-pyrrole nitrogens is 1. The molecule has 3 aromatic rings. The maximum atomic E-state index is 10.1. The average Bonchev–Trinajstić information content (AvgIpc) is 2.83. The highest BCUT2D eigenvalue weighted by molar-refractivity contribution is 6.31. The van der Waals surface area contributed by atoms with Gasteiger partial charge in [-0.1, -0.05) is 23.2 Å². The van der Waals surface area contributed by atoms with Crippen molar-refractivity contribution in [3.63, 3.8) is 0 Å². The number of rotatable bonds is 3. The van der Waals surface area contributed by atoms with E-state index in [2.05, 4.69) is 9.98 Å². The van der Waals surface area contributed by atoms with Crippen LogP contribution in [0.25, 0.3) is 10.9 Å². The van der Waals surface area contributed by atoms with E-state index in [1.807, 2.05) is 38.1 Å². The van der Waals surface area contributed by atoms with Gasteiger partial charge in [0, 0.05) is 28.2 Å². The largest absolute Gasteiger partial charge is 0.494 e. The number of aromatic hydroxyl groups is 1. The summed E-state index contributed by atoms with van der Waals surface area (Å²) in [6, 6.07) is 9.54. The van der Waals surface area contributed by atoms with Gasteiger partial charge in [-0.25, -0.2) is 0 Å². The third-order valence-corrected chi connectivity index (χ3v) is 4.17. The first-order valence-electron chi connectivity index (χ1n) is 7.19. The van der Waals surface area contributed by atoms with E-state index in [0.29, 0.717) is 22.0 Å². The molecule has 0 spiro atoms. The van der Waals surface area contributed by atoms with Crippen LogP contribution in [0.1, 0.15) is 16.7 Å². The van der Waals surface area contributed by atoms with Crippen molar-refractivity contribution in [1.82, 2.24) is 4.98 Å². The number of aromatic amines is 1. The number of aryl methyl sites for hydroxylation is 2. The molecule has 0 fully saturated rings. The Bertz CT molecular complexity index is 913. The average molecular weight is 329 g/mol. The van der Waals surface area contributed by atoms with Gasteiger partial charge in [-0.15, -0.1) is 0 Å². The maximum Gasteiger partial charge on any atom is 0.198 e. The molecule has 1 heterocycles. The molecule has 4 nitrogen and oxygen atoms in total. The number of hydrogen-bond acceptors (Lipinski definition) is 3. The van der Waals surface area contributed by atoms with Crippen molar-refractivity contribution in [2.24, 2.45) is 4.99 Å².